The number of hydrogen-bond donors (Lipinski definition) is 0. The molecular weight excluding hydrogens is 442 g/mol. The van der Waals surface area contributed by atoms with E-state index in [1.54, 1.807) is 0 Å². The van der Waals surface area contributed by atoms with E-state index in [-0.39, 0.29) is 11.6 Å². The number of fused-ring (bicyclic) bond motifs is 1. The van der Waals surface area contributed by atoms with E-state index in [1.165, 1.54) is 5.56 Å². The summed E-state index contributed by atoms with van der Waals surface area (Å²) in [5.74, 6) is 2.45. The molecule has 35 heavy (non-hydrogen) atoms. The number of piperazine rings is 1. The van der Waals surface area contributed by atoms with Crippen molar-refractivity contribution < 1.29 is 9.47 Å². The van der Waals surface area contributed by atoms with Gasteiger partial charge in [-0.25, -0.2) is 4.68 Å². The Kier molecular flexibility index (Phi) is 6.41. The lowest BCUT2D eigenvalue weighted by atomic mass is 9.98. The molecule has 0 unspecified atom stereocenters. The molecule has 1 fully saturated rings. The van der Waals surface area contributed by atoms with Crippen molar-refractivity contribution >= 4 is 0 Å². The van der Waals surface area contributed by atoms with E-state index in [0.29, 0.717) is 12.4 Å². The lowest BCUT2D eigenvalue weighted by molar-refractivity contribution is 0.0972. The number of aromatic nitrogens is 4. The highest BCUT2D eigenvalue weighted by atomic mass is 16.7. The van der Waals surface area contributed by atoms with Gasteiger partial charge in [0, 0.05) is 32.7 Å². The minimum absolute atomic E-state index is 0.128. The fourth-order valence-corrected chi connectivity index (χ4v) is 4.72. The number of nitrogens with zero attached hydrogens (tertiary/aromatic N) is 7. The maximum absolute atomic E-state index is 9.51. The van der Waals surface area contributed by atoms with Gasteiger partial charge in [0.25, 0.3) is 0 Å². The molecule has 2 aliphatic heterocycles. The topological polar surface area (TPSA) is 92.3 Å². The van der Waals surface area contributed by atoms with Gasteiger partial charge in [-0.1, -0.05) is 25.1 Å². The molecule has 182 valence electrons. The van der Waals surface area contributed by atoms with Gasteiger partial charge in [0.2, 0.25) is 6.79 Å². The molecule has 9 heteroatoms. The third-order valence-electron chi connectivity index (χ3n) is 7.12. The van der Waals surface area contributed by atoms with Crippen molar-refractivity contribution in [3.05, 3.63) is 65.0 Å². The zero-order valence-corrected chi connectivity index (χ0v) is 20.5. The van der Waals surface area contributed by atoms with Gasteiger partial charge in [-0.2, -0.15) is 5.26 Å². The van der Waals surface area contributed by atoms with Crippen LogP contribution in [0, 0.1) is 11.3 Å². The summed E-state index contributed by atoms with van der Waals surface area (Å²) >= 11 is 0. The van der Waals surface area contributed by atoms with Crippen LogP contribution in [0.25, 0.3) is 0 Å². The molecule has 1 atom stereocenters. The highest BCUT2D eigenvalue weighted by Gasteiger charge is 2.34. The Morgan fingerprint density at radius 1 is 1.06 bits per heavy atom. The lowest BCUT2D eigenvalue weighted by Gasteiger charge is -2.39. The van der Waals surface area contributed by atoms with Crippen LogP contribution in [0.3, 0.4) is 0 Å². The Labute approximate surface area is 205 Å². The van der Waals surface area contributed by atoms with E-state index < -0.39 is 0 Å². The summed E-state index contributed by atoms with van der Waals surface area (Å²) < 4.78 is 12.9. The first-order valence-electron chi connectivity index (χ1n) is 12.1. The minimum atomic E-state index is -0.217. The Morgan fingerprint density at radius 2 is 1.86 bits per heavy atom. The smallest absolute Gasteiger partial charge is 0.231 e. The van der Waals surface area contributed by atoms with Crippen LogP contribution in [0.1, 0.15) is 55.7 Å². The first-order chi connectivity index (χ1) is 17.0. The molecule has 9 nitrogen and oxygen atoms in total. The third-order valence-corrected chi connectivity index (χ3v) is 7.12. The number of benzene rings is 2. The number of nitriles is 1. The van der Waals surface area contributed by atoms with Crippen LogP contribution in [-0.2, 0) is 12.1 Å². The molecule has 0 N–H and O–H groups in total. The molecule has 0 radical (unpaired) electrons. The second-order valence-electron chi connectivity index (χ2n) is 9.75. The van der Waals surface area contributed by atoms with E-state index in [4.69, 9.17) is 9.47 Å². The van der Waals surface area contributed by atoms with Crippen molar-refractivity contribution in [3.63, 3.8) is 0 Å². The molecule has 5 rings (SSSR count). The quantitative estimate of drug-likeness (QED) is 0.516. The Hall–Kier alpha value is -3.48. The fourth-order valence-electron chi connectivity index (χ4n) is 4.72. The summed E-state index contributed by atoms with van der Waals surface area (Å²) in [4.78, 5) is 4.89. The normalized spacial score (nSPS) is 17.3. The largest absolute Gasteiger partial charge is 0.454 e. The third kappa shape index (κ3) is 4.72. The van der Waals surface area contributed by atoms with Gasteiger partial charge >= 0.3 is 0 Å². The minimum Gasteiger partial charge on any atom is -0.454 e. The van der Waals surface area contributed by atoms with Gasteiger partial charge < -0.3 is 9.47 Å². The number of rotatable bonds is 7. The van der Waals surface area contributed by atoms with Crippen LogP contribution in [0.15, 0.2) is 42.5 Å². The zero-order valence-electron chi connectivity index (χ0n) is 20.5. The van der Waals surface area contributed by atoms with Gasteiger partial charge in [0.15, 0.2) is 17.3 Å². The molecule has 2 aliphatic rings. The average Bonchev–Trinajstić information content (AvgIpc) is 3.55. The summed E-state index contributed by atoms with van der Waals surface area (Å²) in [6.07, 6.45) is 0.902. The van der Waals surface area contributed by atoms with Crippen LogP contribution in [0.5, 0.6) is 11.5 Å². The number of hydrogen-bond acceptors (Lipinski definition) is 8. The van der Waals surface area contributed by atoms with Crippen LogP contribution in [-0.4, -0.2) is 63.0 Å². The second-order valence-corrected chi connectivity index (χ2v) is 9.75. The molecule has 0 saturated carbocycles. The summed E-state index contributed by atoms with van der Waals surface area (Å²) in [6.45, 7) is 11.2. The molecule has 1 saturated heterocycles. The summed E-state index contributed by atoms with van der Waals surface area (Å²) in [5.41, 5.74) is 2.68. The van der Waals surface area contributed by atoms with Gasteiger partial charge in [-0.3, -0.25) is 9.80 Å². The van der Waals surface area contributed by atoms with E-state index >= 15 is 0 Å². The summed E-state index contributed by atoms with van der Waals surface area (Å²) in [6, 6.07) is 16.1. The molecule has 0 bridgehead atoms. The molecule has 1 aromatic heterocycles. The summed E-state index contributed by atoms with van der Waals surface area (Å²) in [7, 11) is 0. The van der Waals surface area contributed by atoms with E-state index in [2.05, 4.69) is 70.4 Å². The lowest BCUT2D eigenvalue weighted by Crippen LogP contribution is -2.48. The molecule has 3 aromatic rings. The molecule has 2 aromatic carbocycles. The van der Waals surface area contributed by atoms with E-state index in [1.807, 2.05) is 28.9 Å². The van der Waals surface area contributed by atoms with Gasteiger partial charge in [-0.15, -0.1) is 5.10 Å². The Bertz CT molecular complexity index is 1220. The fraction of sp³-hybridized carbons (Fsp3) is 0.462. The van der Waals surface area contributed by atoms with E-state index in [0.717, 1.165) is 62.0 Å². The SMILES string of the molecule is CCC(C)(C)n1nnnc1[C@@H](c1cccc(C#N)c1)N1CCN(Cc2ccc3c(c2)OCO3)CC1. The van der Waals surface area contributed by atoms with Gasteiger partial charge in [-0.05, 0) is 66.1 Å². The van der Waals surface area contributed by atoms with Gasteiger partial charge in [0.1, 0.15) is 0 Å². The second kappa shape index (κ2) is 9.64. The molecule has 0 amide bonds. The Morgan fingerprint density at radius 3 is 2.63 bits per heavy atom. The van der Waals surface area contributed by atoms with Crippen LogP contribution >= 0.6 is 0 Å². The van der Waals surface area contributed by atoms with Crippen LogP contribution in [0.4, 0.5) is 0 Å². The van der Waals surface area contributed by atoms with Crippen molar-refractivity contribution in [2.75, 3.05) is 33.0 Å². The highest BCUT2D eigenvalue weighted by molar-refractivity contribution is 5.44. The molecule has 0 spiro atoms. The van der Waals surface area contributed by atoms with Crippen molar-refractivity contribution in [2.45, 2.75) is 45.3 Å². The Balaban J connectivity index is 1.38. The van der Waals surface area contributed by atoms with Crippen molar-refractivity contribution in [1.29, 1.82) is 5.26 Å². The number of tetrazole rings is 1. The molecule has 3 heterocycles. The first-order valence-corrected chi connectivity index (χ1v) is 12.1. The number of ether oxygens (including phenoxy) is 2. The highest BCUT2D eigenvalue weighted by Crippen LogP contribution is 2.34. The van der Waals surface area contributed by atoms with Gasteiger partial charge in [0.05, 0.1) is 23.2 Å². The maximum atomic E-state index is 9.51. The van der Waals surface area contributed by atoms with Crippen molar-refractivity contribution in [1.82, 2.24) is 30.0 Å². The predicted octanol–water partition coefficient (Wildman–Crippen LogP) is 3.33. The predicted molar refractivity (Wildman–Crippen MR) is 130 cm³/mol. The van der Waals surface area contributed by atoms with Crippen molar-refractivity contribution in [2.24, 2.45) is 0 Å². The average molecular weight is 474 g/mol. The van der Waals surface area contributed by atoms with Crippen LogP contribution < -0.4 is 9.47 Å². The zero-order chi connectivity index (χ0) is 24.4. The monoisotopic (exact) mass is 473 g/mol. The molecular formula is C26H31N7O2. The van der Waals surface area contributed by atoms with Crippen LogP contribution in [0.2, 0.25) is 0 Å². The van der Waals surface area contributed by atoms with E-state index in [9.17, 15) is 5.26 Å². The standard InChI is InChI=1S/C26H31N7O2/c1-4-26(2,3)33-25(28-29-30-33)24(21-7-5-6-19(14-21)16-27)32-12-10-31(11-13-32)17-20-8-9-22-23(15-20)35-18-34-22/h5-9,14-15,24H,4,10-13,17-18H2,1-3H3/t24-/m1/s1. The molecule has 0 aliphatic carbocycles. The first kappa shape index (κ1) is 23.3. The van der Waals surface area contributed by atoms with Crippen molar-refractivity contribution in [3.8, 4) is 17.6 Å². The summed E-state index contributed by atoms with van der Waals surface area (Å²) in [5, 5.41) is 22.4. The maximum Gasteiger partial charge on any atom is 0.231 e.